The van der Waals surface area contributed by atoms with Crippen LogP contribution in [0.2, 0.25) is 0 Å². The fourth-order valence-corrected chi connectivity index (χ4v) is 2.02. The summed E-state index contributed by atoms with van der Waals surface area (Å²) in [6.07, 6.45) is -3.72. The Morgan fingerprint density at radius 2 is 2.11 bits per heavy atom. The summed E-state index contributed by atoms with van der Waals surface area (Å²) in [5.74, 6) is 5.46. The Morgan fingerprint density at radius 1 is 1.42 bits per heavy atom. The predicted octanol–water partition coefficient (Wildman–Crippen LogP) is 2.70. The molecule has 7 heteroatoms. The number of hydrogen-bond acceptors (Lipinski definition) is 3. The van der Waals surface area contributed by atoms with E-state index in [1.54, 1.807) is 4.68 Å². The Kier molecular flexibility index (Phi) is 5.81. The van der Waals surface area contributed by atoms with Gasteiger partial charge in [0, 0.05) is 13.0 Å². The van der Waals surface area contributed by atoms with Crippen LogP contribution in [0.4, 0.5) is 13.2 Å². The second kappa shape index (κ2) is 6.91. The van der Waals surface area contributed by atoms with Gasteiger partial charge in [-0.1, -0.05) is 6.92 Å². The van der Waals surface area contributed by atoms with Gasteiger partial charge in [0.05, 0.1) is 17.4 Å². The lowest BCUT2D eigenvalue weighted by Gasteiger charge is -2.17. The van der Waals surface area contributed by atoms with Crippen LogP contribution in [-0.2, 0) is 13.0 Å². The van der Waals surface area contributed by atoms with Gasteiger partial charge in [-0.05, 0) is 32.3 Å². The first kappa shape index (κ1) is 16.0. The van der Waals surface area contributed by atoms with Gasteiger partial charge < -0.3 is 0 Å². The average molecular weight is 278 g/mol. The van der Waals surface area contributed by atoms with Gasteiger partial charge in [0.25, 0.3) is 0 Å². The second-order valence-electron chi connectivity index (χ2n) is 4.46. The highest BCUT2D eigenvalue weighted by Gasteiger charge is 2.27. The highest BCUT2D eigenvalue weighted by atomic mass is 19.4. The van der Waals surface area contributed by atoms with Gasteiger partial charge in [-0.2, -0.15) is 18.3 Å². The van der Waals surface area contributed by atoms with Gasteiger partial charge in [0.2, 0.25) is 0 Å². The molecule has 0 fully saturated rings. The van der Waals surface area contributed by atoms with Crippen LogP contribution >= 0.6 is 0 Å². The van der Waals surface area contributed by atoms with Crippen LogP contribution < -0.4 is 11.3 Å². The van der Waals surface area contributed by atoms with Crippen molar-refractivity contribution in [3.8, 4) is 0 Å². The molecule has 19 heavy (non-hydrogen) atoms. The van der Waals surface area contributed by atoms with E-state index in [1.165, 1.54) is 0 Å². The maximum atomic E-state index is 12.1. The number of nitrogens with two attached hydrogens (primary N) is 1. The summed E-state index contributed by atoms with van der Waals surface area (Å²) in [4.78, 5) is 0. The minimum absolute atomic E-state index is 0.0503. The first-order chi connectivity index (χ1) is 8.91. The molecule has 0 amide bonds. The summed E-state index contributed by atoms with van der Waals surface area (Å²) < 4.78 is 38.2. The van der Waals surface area contributed by atoms with E-state index in [2.05, 4.69) is 10.5 Å². The molecule has 0 radical (unpaired) electrons. The van der Waals surface area contributed by atoms with Crippen molar-refractivity contribution in [2.75, 3.05) is 0 Å². The molecule has 3 N–H and O–H groups in total. The monoisotopic (exact) mass is 278 g/mol. The van der Waals surface area contributed by atoms with E-state index in [9.17, 15) is 13.2 Å². The molecule has 4 nitrogen and oxygen atoms in total. The van der Waals surface area contributed by atoms with Crippen molar-refractivity contribution in [3.63, 3.8) is 0 Å². The minimum atomic E-state index is -4.11. The number of hydrazine groups is 1. The minimum Gasteiger partial charge on any atom is -0.271 e. The van der Waals surface area contributed by atoms with Crippen LogP contribution in [0.3, 0.4) is 0 Å². The zero-order valence-electron chi connectivity index (χ0n) is 11.3. The van der Waals surface area contributed by atoms with E-state index in [4.69, 9.17) is 5.84 Å². The first-order valence-corrected chi connectivity index (χ1v) is 6.50. The average Bonchev–Trinajstić information content (AvgIpc) is 2.76. The summed E-state index contributed by atoms with van der Waals surface area (Å²) in [5, 5.41) is 4.37. The molecule has 0 aliphatic rings. The lowest BCUT2D eigenvalue weighted by molar-refractivity contribution is -0.135. The Bertz CT molecular complexity index is 387. The van der Waals surface area contributed by atoms with Crippen molar-refractivity contribution in [2.45, 2.75) is 58.3 Å². The van der Waals surface area contributed by atoms with Crippen molar-refractivity contribution in [2.24, 2.45) is 5.84 Å². The van der Waals surface area contributed by atoms with E-state index in [0.717, 1.165) is 17.8 Å². The van der Waals surface area contributed by atoms with Crippen LogP contribution in [-0.4, -0.2) is 16.0 Å². The molecule has 1 rings (SSSR count). The number of nitrogens with zero attached hydrogens (tertiary/aromatic N) is 2. The zero-order valence-corrected chi connectivity index (χ0v) is 11.3. The van der Waals surface area contributed by atoms with Crippen molar-refractivity contribution in [3.05, 3.63) is 17.5 Å². The number of nitrogens with one attached hydrogen (secondary N) is 1. The van der Waals surface area contributed by atoms with Crippen LogP contribution in [0.25, 0.3) is 0 Å². The number of aromatic nitrogens is 2. The molecular formula is C12H21F3N4. The molecule has 1 aromatic rings. The molecule has 1 unspecified atom stereocenters. The maximum Gasteiger partial charge on any atom is 0.389 e. The number of aryl methyl sites for hydroxylation is 2. The molecule has 1 atom stereocenters. The van der Waals surface area contributed by atoms with Crippen LogP contribution in [0, 0.1) is 0 Å². The van der Waals surface area contributed by atoms with Gasteiger partial charge in [0.15, 0.2) is 0 Å². The summed E-state index contributed by atoms with van der Waals surface area (Å²) in [6.45, 7) is 4.60. The molecule has 0 saturated carbocycles. The molecular weight excluding hydrogens is 257 g/mol. The van der Waals surface area contributed by atoms with Gasteiger partial charge in [-0.3, -0.25) is 16.0 Å². The number of hydrogen-bond donors (Lipinski definition) is 2. The molecule has 1 aromatic heterocycles. The Labute approximate surface area is 111 Å². The maximum absolute atomic E-state index is 12.1. The van der Waals surface area contributed by atoms with E-state index in [0.29, 0.717) is 13.0 Å². The standard InChI is InChI=1S/C12H21F3N4/c1-3-9-8-11(19(4-2)18-9)10(17-16)6-5-7-12(13,14)15/h8,10,17H,3-7,16H2,1-2H3. The molecule has 110 valence electrons. The lowest BCUT2D eigenvalue weighted by Crippen LogP contribution is -2.30. The third kappa shape index (κ3) is 4.83. The highest BCUT2D eigenvalue weighted by molar-refractivity contribution is 5.14. The van der Waals surface area contributed by atoms with Crippen LogP contribution in [0.1, 0.15) is 50.5 Å². The SMILES string of the molecule is CCc1cc(C(CCCC(F)(F)F)NN)n(CC)n1. The summed E-state index contributed by atoms with van der Waals surface area (Å²) in [7, 11) is 0. The topological polar surface area (TPSA) is 55.9 Å². The first-order valence-electron chi connectivity index (χ1n) is 6.50. The molecule has 0 aliphatic carbocycles. The summed E-state index contributed by atoms with van der Waals surface area (Å²) in [5.41, 5.74) is 4.36. The highest BCUT2D eigenvalue weighted by Crippen LogP contribution is 2.26. The fourth-order valence-electron chi connectivity index (χ4n) is 2.02. The zero-order chi connectivity index (χ0) is 14.5. The molecule has 0 aliphatic heterocycles. The lowest BCUT2D eigenvalue weighted by atomic mass is 10.1. The Morgan fingerprint density at radius 3 is 2.58 bits per heavy atom. The third-order valence-corrected chi connectivity index (χ3v) is 3.03. The van der Waals surface area contributed by atoms with E-state index in [1.807, 2.05) is 19.9 Å². The van der Waals surface area contributed by atoms with Crippen molar-refractivity contribution in [1.29, 1.82) is 0 Å². The predicted molar refractivity (Wildman–Crippen MR) is 67.2 cm³/mol. The fraction of sp³-hybridized carbons (Fsp3) is 0.750. The van der Waals surface area contributed by atoms with Crippen LogP contribution in [0.15, 0.2) is 6.07 Å². The van der Waals surface area contributed by atoms with E-state index < -0.39 is 12.6 Å². The second-order valence-corrected chi connectivity index (χ2v) is 4.46. The van der Waals surface area contributed by atoms with Gasteiger partial charge >= 0.3 is 6.18 Å². The third-order valence-electron chi connectivity index (χ3n) is 3.03. The molecule has 0 saturated heterocycles. The smallest absolute Gasteiger partial charge is 0.271 e. The van der Waals surface area contributed by atoms with Gasteiger partial charge in [0.1, 0.15) is 0 Å². The van der Waals surface area contributed by atoms with E-state index >= 15 is 0 Å². The summed E-state index contributed by atoms with van der Waals surface area (Å²) >= 11 is 0. The van der Waals surface area contributed by atoms with Crippen molar-refractivity contribution < 1.29 is 13.2 Å². The quantitative estimate of drug-likeness (QED) is 0.595. The molecule has 1 heterocycles. The summed E-state index contributed by atoms with van der Waals surface area (Å²) in [6, 6.07) is 1.61. The Hall–Kier alpha value is -1.08. The van der Waals surface area contributed by atoms with Crippen LogP contribution in [0.5, 0.6) is 0 Å². The Balaban J connectivity index is 2.71. The van der Waals surface area contributed by atoms with Gasteiger partial charge in [-0.15, -0.1) is 0 Å². The largest absolute Gasteiger partial charge is 0.389 e. The van der Waals surface area contributed by atoms with Crippen molar-refractivity contribution >= 4 is 0 Å². The van der Waals surface area contributed by atoms with E-state index in [-0.39, 0.29) is 12.5 Å². The molecule has 0 bridgehead atoms. The molecule has 0 aromatic carbocycles. The molecule has 0 spiro atoms. The number of halogens is 3. The number of rotatable bonds is 7. The van der Waals surface area contributed by atoms with Crippen molar-refractivity contribution in [1.82, 2.24) is 15.2 Å². The normalized spacial score (nSPS) is 13.8. The number of alkyl halides is 3. The van der Waals surface area contributed by atoms with Gasteiger partial charge in [-0.25, -0.2) is 0 Å².